The van der Waals surface area contributed by atoms with Crippen LogP contribution in [0.15, 0.2) is 60.7 Å². The van der Waals surface area contributed by atoms with Gasteiger partial charge in [0.25, 0.3) is 0 Å². The predicted molar refractivity (Wildman–Crippen MR) is 129 cm³/mol. The standard InChI is InChI=1S/C26H26BO5/c1-25(2,31)26(3,4)32-27-17-7-5-6-15(10-17)21-12-16-11-19(29)14-23(30)24(16)20-9-8-18(28)13-22(20)21/h5-14,28-31H,1-4H3. The van der Waals surface area contributed by atoms with E-state index in [1.54, 1.807) is 45.6 Å². The molecular formula is C26H26BO5. The van der Waals surface area contributed by atoms with E-state index in [-0.39, 0.29) is 17.2 Å². The van der Waals surface area contributed by atoms with Gasteiger partial charge in [0.1, 0.15) is 17.2 Å². The third kappa shape index (κ3) is 3.99. The zero-order chi connectivity index (χ0) is 23.3. The van der Waals surface area contributed by atoms with E-state index < -0.39 is 11.2 Å². The molecule has 0 fully saturated rings. The molecule has 0 spiro atoms. The Balaban J connectivity index is 1.84. The molecule has 0 unspecified atom stereocenters. The normalized spacial score (nSPS) is 12.4. The largest absolute Gasteiger partial charge is 0.508 e. The molecule has 32 heavy (non-hydrogen) atoms. The first-order valence-electron chi connectivity index (χ1n) is 10.4. The second kappa shape index (κ2) is 7.73. The Morgan fingerprint density at radius 1 is 0.781 bits per heavy atom. The van der Waals surface area contributed by atoms with Crippen LogP contribution in [0.25, 0.3) is 32.7 Å². The maximum absolute atomic E-state index is 10.5. The van der Waals surface area contributed by atoms with Crippen LogP contribution in [-0.4, -0.2) is 39.1 Å². The molecule has 6 heteroatoms. The molecule has 163 valence electrons. The van der Waals surface area contributed by atoms with Gasteiger partial charge in [0.05, 0.1) is 11.2 Å². The number of rotatable bonds is 5. The highest BCUT2D eigenvalue weighted by Gasteiger charge is 2.35. The number of phenolic OH excluding ortho intramolecular Hbond substituents is 3. The number of phenols is 3. The molecule has 4 N–H and O–H groups in total. The zero-order valence-electron chi connectivity index (χ0n) is 18.5. The van der Waals surface area contributed by atoms with Crippen LogP contribution in [0.5, 0.6) is 17.2 Å². The third-order valence-corrected chi connectivity index (χ3v) is 6.16. The highest BCUT2D eigenvalue weighted by molar-refractivity contribution is 6.47. The molecule has 0 bridgehead atoms. The summed E-state index contributed by atoms with van der Waals surface area (Å²) in [5.41, 5.74) is 0.706. The van der Waals surface area contributed by atoms with Crippen molar-refractivity contribution in [2.24, 2.45) is 0 Å². The molecule has 4 aromatic rings. The first kappa shape index (κ1) is 22.0. The van der Waals surface area contributed by atoms with Gasteiger partial charge in [-0.2, -0.15) is 0 Å². The van der Waals surface area contributed by atoms with Gasteiger partial charge in [-0.1, -0.05) is 29.7 Å². The fourth-order valence-electron chi connectivity index (χ4n) is 3.62. The van der Waals surface area contributed by atoms with Crippen molar-refractivity contribution in [3.8, 4) is 28.4 Å². The third-order valence-electron chi connectivity index (χ3n) is 6.16. The Kier molecular flexibility index (Phi) is 5.31. The lowest BCUT2D eigenvalue weighted by molar-refractivity contribution is -0.0893. The topological polar surface area (TPSA) is 90.2 Å². The molecule has 0 heterocycles. The molecule has 0 saturated heterocycles. The van der Waals surface area contributed by atoms with Crippen molar-refractivity contribution in [2.75, 3.05) is 0 Å². The summed E-state index contributed by atoms with van der Waals surface area (Å²) in [6.07, 6.45) is 0. The van der Waals surface area contributed by atoms with Crippen LogP contribution in [0.1, 0.15) is 27.7 Å². The highest BCUT2D eigenvalue weighted by atomic mass is 16.5. The summed E-state index contributed by atoms with van der Waals surface area (Å²) >= 11 is 0. The van der Waals surface area contributed by atoms with E-state index >= 15 is 0 Å². The van der Waals surface area contributed by atoms with Gasteiger partial charge in [-0.15, -0.1) is 0 Å². The van der Waals surface area contributed by atoms with Crippen LogP contribution in [0.2, 0.25) is 0 Å². The minimum Gasteiger partial charge on any atom is -0.508 e. The summed E-state index contributed by atoms with van der Waals surface area (Å²) in [7, 11) is 1.62. The molecule has 0 aliphatic rings. The number of hydrogen-bond acceptors (Lipinski definition) is 5. The van der Waals surface area contributed by atoms with Crippen molar-refractivity contribution >= 4 is 34.5 Å². The molecular weight excluding hydrogens is 403 g/mol. The number of aromatic hydroxyl groups is 3. The van der Waals surface area contributed by atoms with Crippen molar-refractivity contribution in [3.63, 3.8) is 0 Å². The maximum atomic E-state index is 10.5. The lowest BCUT2D eigenvalue weighted by Gasteiger charge is -2.37. The van der Waals surface area contributed by atoms with Gasteiger partial charge < -0.3 is 25.1 Å². The van der Waals surface area contributed by atoms with Crippen LogP contribution in [0, 0.1) is 0 Å². The van der Waals surface area contributed by atoms with Crippen LogP contribution < -0.4 is 5.46 Å². The molecule has 0 aromatic heterocycles. The van der Waals surface area contributed by atoms with Crippen molar-refractivity contribution in [3.05, 3.63) is 60.7 Å². The Morgan fingerprint density at radius 2 is 1.53 bits per heavy atom. The molecule has 4 rings (SSSR count). The molecule has 5 nitrogen and oxygen atoms in total. The van der Waals surface area contributed by atoms with E-state index in [4.69, 9.17) is 4.65 Å². The lowest BCUT2D eigenvalue weighted by Crippen LogP contribution is -2.49. The van der Waals surface area contributed by atoms with Crippen molar-refractivity contribution in [1.82, 2.24) is 0 Å². The summed E-state index contributed by atoms with van der Waals surface area (Å²) < 4.78 is 5.90. The SMILES string of the molecule is CC(C)(O)C(C)(C)O[B]c1cccc(-c2cc3cc(O)cc(O)c3c3ccc(O)cc23)c1. The number of aliphatic hydroxyl groups is 1. The molecule has 0 saturated carbocycles. The van der Waals surface area contributed by atoms with Gasteiger partial charge in [0.15, 0.2) is 0 Å². The summed E-state index contributed by atoms with van der Waals surface area (Å²) in [5, 5.41) is 43.8. The van der Waals surface area contributed by atoms with Crippen molar-refractivity contribution < 1.29 is 25.1 Å². The minimum absolute atomic E-state index is 0.0217. The van der Waals surface area contributed by atoms with E-state index in [9.17, 15) is 20.4 Å². The predicted octanol–water partition coefficient (Wildman–Crippen LogP) is 4.59. The zero-order valence-corrected chi connectivity index (χ0v) is 18.5. The molecule has 0 amide bonds. The summed E-state index contributed by atoms with van der Waals surface area (Å²) in [6.45, 7) is 7.06. The Hall–Kier alpha value is -3.22. The second-order valence-corrected chi connectivity index (χ2v) is 9.15. The number of benzene rings is 4. The van der Waals surface area contributed by atoms with Gasteiger partial charge in [-0.3, -0.25) is 0 Å². The van der Waals surface area contributed by atoms with Crippen molar-refractivity contribution in [2.45, 2.75) is 38.9 Å². The van der Waals surface area contributed by atoms with Gasteiger partial charge in [0.2, 0.25) is 0 Å². The van der Waals surface area contributed by atoms with Gasteiger partial charge in [-0.25, -0.2) is 0 Å². The fourth-order valence-corrected chi connectivity index (χ4v) is 3.62. The van der Waals surface area contributed by atoms with Gasteiger partial charge in [0, 0.05) is 11.5 Å². The lowest BCUT2D eigenvalue weighted by atomic mass is 9.81. The maximum Gasteiger partial charge on any atom is 0.330 e. The average Bonchev–Trinajstić information content (AvgIpc) is 2.70. The second-order valence-electron chi connectivity index (χ2n) is 9.15. The summed E-state index contributed by atoms with van der Waals surface area (Å²) in [5.74, 6) is 0.0735. The van der Waals surface area contributed by atoms with Crippen molar-refractivity contribution in [1.29, 1.82) is 0 Å². The first-order chi connectivity index (χ1) is 15.0. The molecule has 4 aromatic carbocycles. The quantitative estimate of drug-likeness (QED) is 0.275. The molecule has 0 aliphatic carbocycles. The minimum atomic E-state index is -1.03. The van der Waals surface area contributed by atoms with E-state index in [0.717, 1.165) is 27.4 Å². The van der Waals surface area contributed by atoms with Crippen LogP contribution in [0.3, 0.4) is 0 Å². The molecule has 1 radical (unpaired) electrons. The highest BCUT2D eigenvalue weighted by Crippen LogP contribution is 2.41. The van der Waals surface area contributed by atoms with Crippen LogP contribution >= 0.6 is 0 Å². The number of fused-ring (bicyclic) bond motifs is 3. The molecule has 0 atom stereocenters. The average molecular weight is 429 g/mol. The monoisotopic (exact) mass is 429 g/mol. The van der Waals surface area contributed by atoms with Gasteiger partial charge >= 0.3 is 7.48 Å². The Labute approximate surface area is 187 Å². The summed E-state index contributed by atoms with van der Waals surface area (Å²) in [6, 6.07) is 17.5. The van der Waals surface area contributed by atoms with E-state index in [1.165, 1.54) is 6.07 Å². The number of hydrogen-bond donors (Lipinski definition) is 4. The smallest absolute Gasteiger partial charge is 0.330 e. The Morgan fingerprint density at radius 3 is 2.25 bits per heavy atom. The summed E-state index contributed by atoms with van der Waals surface area (Å²) in [4.78, 5) is 0. The van der Waals surface area contributed by atoms with E-state index in [0.29, 0.717) is 10.8 Å². The Bertz CT molecular complexity index is 1320. The molecule has 0 aliphatic heterocycles. The fraction of sp³-hybridized carbons (Fsp3) is 0.231. The van der Waals surface area contributed by atoms with Crippen LogP contribution in [-0.2, 0) is 4.65 Å². The van der Waals surface area contributed by atoms with Gasteiger partial charge in [-0.05, 0) is 85.3 Å². The van der Waals surface area contributed by atoms with Crippen LogP contribution in [0.4, 0.5) is 0 Å². The van der Waals surface area contributed by atoms with E-state index in [2.05, 4.69) is 0 Å². The van der Waals surface area contributed by atoms with E-state index in [1.807, 2.05) is 44.2 Å². The first-order valence-corrected chi connectivity index (χ1v) is 10.4.